The van der Waals surface area contributed by atoms with Crippen molar-refractivity contribution in [3.8, 4) is 0 Å². The van der Waals surface area contributed by atoms with E-state index in [1.165, 1.54) is 5.56 Å². The first-order chi connectivity index (χ1) is 8.45. The van der Waals surface area contributed by atoms with Crippen molar-refractivity contribution < 1.29 is 9.90 Å². The molecule has 0 saturated carbocycles. The van der Waals surface area contributed by atoms with Gasteiger partial charge in [-0.2, -0.15) is 0 Å². The van der Waals surface area contributed by atoms with Crippen LogP contribution in [0.1, 0.15) is 32.4 Å². The van der Waals surface area contributed by atoms with E-state index in [2.05, 4.69) is 46.8 Å². The molecule has 0 heterocycles. The third-order valence-corrected chi connectivity index (χ3v) is 3.71. The van der Waals surface area contributed by atoms with Crippen molar-refractivity contribution in [3.05, 3.63) is 34.3 Å². The monoisotopic (exact) mass is 313 g/mol. The van der Waals surface area contributed by atoms with Gasteiger partial charge in [-0.25, -0.2) is 0 Å². The maximum atomic E-state index is 10.9. The predicted molar refractivity (Wildman–Crippen MR) is 76.6 cm³/mol. The van der Waals surface area contributed by atoms with Gasteiger partial charge in [-0.3, -0.25) is 9.69 Å². The van der Waals surface area contributed by atoms with E-state index in [0.29, 0.717) is 6.54 Å². The molecule has 0 spiro atoms. The smallest absolute Gasteiger partial charge is 0.307 e. The zero-order valence-corrected chi connectivity index (χ0v) is 12.6. The van der Waals surface area contributed by atoms with Crippen LogP contribution in [0.25, 0.3) is 0 Å². The molecule has 0 bridgehead atoms. The lowest BCUT2D eigenvalue weighted by Gasteiger charge is -2.29. The van der Waals surface area contributed by atoms with Gasteiger partial charge in [0.2, 0.25) is 0 Å². The summed E-state index contributed by atoms with van der Waals surface area (Å²) in [6.45, 7) is 7.33. The fraction of sp³-hybridized carbons (Fsp3) is 0.500. The summed E-state index contributed by atoms with van der Waals surface area (Å²) in [5, 5.41) is 8.99. The maximum Gasteiger partial charge on any atom is 0.307 e. The second-order valence-electron chi connectivity index (χ2n) is 4.56. The van der Waals surface area contributed by atoms with Crippen LogP contribution in [0, 0.1) is 5.92 Å². The van der Waals surface area contributed by atoms with Gasteiger partial charge < -0.3 is 5.11 Å². The number of nitrogens with zero attached hydrogens (tertiary/aromatic N) is 1. The van der Waals surface area contributed by atoms with Crippen LogP contribution >= 0.6 is 15.9 Å². The van der Waals surface area contributed by atoms with E-state index in [-0.39, 0.29) is 12.0 Å². The molecule has 0 fully saturated rings. The highest BCUT2D eigenvalue weighted by Gasteiger charge is 2.20. The lowest BCUT2D eigenvalue weighted by atomic mass is 10.0. The normalized spacial score (nSPS) is 14.5. The van der Waals surface area contributed by atoms with Gasteiger partial charge in [-0.1, -0.05) is 41.9 Å². The molecule has 1 aromatic rings. The number of rotatable bonds is 6. The molecule has 0 amide bonds. The number of halogens is 1. The van der Waals surface area contributed by atoms with E-state index in [0.717, 1.165) is 11.0 Å². The van der Waals surface area contributed by atoms with E-state index in [1.807, 2.05) is 12.1 Å². The van der Waals surface area contributed by atoms with E-state index in [4.69, 9.17) is 5.11 Å². The first kappa shape index (κ1) is 15.2. The Hall–Kier alpha value is -0.870. The second kappa shape index (κ2) is 6.90. The fourth-order valence-corrected chi connectivity index (χ4v) is 2.39. The molecule has 1 aromatic carbocycles. The van der Waals surface area contributed by atoms with Crippen LogP contribution in [0.4, 0.5) is 0 Å². The molecular formula is C14H20BrNO2. The Morgan fingerprint density at radius 1 is 1.44 bits per heavy atom. The van der Waals surface area contributed by atoms with Gasteiger partial charge >= 0.3 is 5.97 Å². The number of benzene rings is 1. The molecule has 2 unspecified atom stereocenters. The van der Waals surface area contributed by atoms with E-state index >= 15 is 0 Å². The SMILES string of the molecule is CCN(CC(C)C(=O)O)C(C)c1cccc(Br)c1. The highest BCUT2D eigenvalue weighted by Crippen LogP contribution is 2.23. The molecule has 18 heavy (non-hydrogen) atoms. The zero-order valence-electron chi connectivity index (χ0n) is 11.1. The van der Waals surface area contributed by atoms with Crippen LogP contribution < -0.4 is 0 Å². The average molecular weight is 314 g/mol. The third kappa shape index (κ3) is 4.10. The number of carbonyl (C=O) groups is 1. The van der Waals surface area contributed by atoms with Crippen LogP contribution in [0.3, 0.4) is 0 Å². The molecule has 0 aliphatic carbocycles. The number of aliphatic carboxylic acids is 1. The van der Waals surface area contributed by atoms with Crippen LogP contribution in [-0.4, -0.2) is 29.1 Å². The summed E-state index contributed by atoms with van der Waals surface area (Å²) in [5.41, 5.74) is 1.20. The Balaban J connectivity index is 2.79. The summed E-state index contributed by atoms with van der Waals surface area (Å²) in [6.07, 6.45) is 0. The van der Waals surface area contributed by atoms with Crippen LogP contribution in [0.15, 0.2) is 28.7 Å². The average Bonchev–Trinajstić information content (AvgIpc) is 2.34. The summed E-state index contributed by atoms with van der Waals surface area (Å²) < 4.78 is 1.05. The Kier molecular flexibility index (Phi) is 5.82. The van der Waals surface area contributed by atoms with Gasteiger partial charge in [0.05, 0.1) is 5.92 Å². The largest absolute Gasteiger partial charge is 0.481 e. The fourth-order valence-electron chi connectivity index (χ4n) is 1.97. The highest BCUT2D eigenvalue weighted by atomic mass is 79.9. The van der Waals surface area contributed by atoms with Crippen LogP contribution in [0.5, 0.6) is 0 Å². The quantitative estimate of drug-likeness (QED) is 0.873. The van der Waals surface area contributed by atoms with E-state index in [1.54, 1.807) is 6.92 Å². The standard InChI is InChI=1S/C14H20BrNO2/c1-4-16(9-10(2)14(17)18)11(3)12-6-5-7-13(15)8-12/h5-8,10-11H,4,9H2,1-3H3,(H,17,18). The van der Waals surface area contributed by atoms with Crippen molar-refractivity contribution in [3.63, 3.8) is 0 Å². The molecule has 1 N–H and O–H groups in total. The molecule has 1 rings (SSSR count). The molecule has 0 aromatic heterocycles. The summed E-state index contributed by atoms with van der Waals surface area (Å²) in [7, 11) is 0. The molecule has 2 atom stereocenters. The first-order valence-electron chi connectivity index (χ1n) is 6.18. The Bertz CT molecular complexity index is 409. The van der Waals surface area contributed by atoms with Crippen LogP contribution in [-0.2, 0) is 4.79 Å². The Labute approximate surface area is 117 Å². The lowest BCUT2D eigenvalue weighted by molar-refractivity contribution is -0.141. The summed E-state index contributed by atoms with van der Waals surface area (Å²) in [5.74, 6) is -1.09. The van der Waals surface area contributed by atoms with Crippen molar-refractivity contribution in [2.24, 2.45) is 5.92 Å². The third-order valence-electron chi connectivity index (χ3n) is 3.21. The summed E-state index contributed by atoms with van der Waals surface area (Å²) in [6, 6.07) is 8.37. The number of carboxylic acid groups (broad SMARTS) is 1. The lowest BCUT2D eigenvalue weighted by Crippen LogP contribution is -2.33. The Morgan fingerprint density at radius 2 is 2.11 bits per heavy atom. The number of carboxylic acids is 1. The molecular weight excluding hydrogens is 294 g/mol. The number of hydrogen-bond acceptors (Lipinski definition) is 2. The van der Waals surface area contributed by atoms with Gasteiger partial charge in [0.1, 0.15) is 0 Å². The van der Waals surface area contributed by atoms with Crippen molar-refractivity contribution in [2.45, 2.75) is 26.8 Å². The molecule has 0 saturated heterocycles. The first-order valence-corrected chi connectivity index (χ1v) is 6.97. The summed E-state index contributed by atoms with van der Waals surface area (Å²) in [4.78, 5) is 13.1. The second-order valence-corrected chi connectivity index (χ2v) is 5.47. The van der Waals surface area contributed by atoms with E-state index in [9.17, 15) is 4.79 Å². The molecule has 3 nitrogen and oxygen atoms in total. The topological polar surface area (TPSA) is 40.5 Å². The van der Waals surface area contributed by atoms with Crippen molar-refractivity contribution in [1.82, 2.24) is 4.90 Å². The zero-order chi connectivity index (χ0) is 13.7. The van der Waals surface area contributed by atoms with Crippen molar-refractivity contribution in [1.29, 1.82) is 0 Å². The molecule has 0 aliphatic rings. The van der Waals surface area contributed by atoms with Gasteiger partial charge in [-0.15, -0.1) is 0 Å². The molecule has 0 aliphatic heterocycles. The molecule has 4 heteroatoms. The minimum absolute atomic E-state index is 0.217. The van der Waals surface area contributed by atoms with Gasteiger partial charge in [-0.05, 0) is 31.2 Å². The molecule has 0 radical (unpaired) electrons. The van der Waals surface area contributed by atoms with Crippen molar-refractivity contribution >= 4 is 21.9 Å². The van der Waals surface area contributed by atoms with E-state index < -0.39 is 5.97 Å². The minimum atomic E-state index is -0.741. The minimum Gasteiger partial charge on any atom is -0.481 e. The maximum absolute atomic E-state index is 10.9. The molecule has 100 valence electrons. The van der Waals surface area contributed by atoms with Gasteiger partial charge in [0, 0.05) is 17.1 Å². The van der Waals surface area contributed by atoms with Crippen LogP contribution in [0.2, 0.25) is 0 Å². The van der Waals surface area contributed by atoms with Crippen molar-refractivity contribution in [2.75, 3.05) is 13.1 Å². The summed E-state index contributed by atoms with van der Waals surface area (Å²) >= 11 is 3.46. The number of hydrogen-bond donors (Lipinski definition) is 1. The Morgan fingerprint density at radius 3 is 2.61 bits per heavy atom. The van der Waals surface area contributed by atoms with Gasteiger partial charge in [0.25, 0.3) is 0 Å². The van der Waals surface area contributed by atoms with Gasteiger partial charge in [0.15, 0.2) is 0 Å². The predicted octanol–water partition coefficient (Wildman–Crippen LogP) is 3.55. The highest BCUT2D eigenvalue weighted by molar-refractivity contribution is 9.10.